The molecule has 1 atom stereocenters. The van der Waals surface area contributed by atoms with Gasteiger partial charge in [0, 0.05) is 0 Å². The van der Waals surface area contributed by atoms with E-state index in [1.807, 2.05) is 6.07 Å². The molecular weight excluding hydrogens is 278 g/mol. The third kappa shape index (κ3) is 3.31. The van der Waals surface area contributed by atoms with E-state index in [0.29, 0.717) is 0 Å². The predicted octanol–water partition coefficient (Wildman–Crippen LogP) is 1.23. The zero-order valence-corrected chi connectivity index (χ0v) is 11.1. The number of carbonyl (C=O) groups is 3. The van der Waals surface area contributed by atoms with Crippen LogP contribution in [0, 0.1) is 5.41 Å². The van der Waals surface area contributed by atoms with Crippen LogP contribution in [-0.4, -0.2) is 34.3 Å². The molecule has 0 aromatic heterocycles. The minimum absolute atomic E-state index is 0.0148. The average molecular weight is 293 g/mol. The molecule has 1 saturated carbocycles. The van der Waals surface area contributed by atoms with E-state index in [4.69, 9.17) is 14.9 Å². The van der Waals surface area contributed by atoms with Crippen LogP contribution in [0.1, 0.15) is 18.4 Å². The van der Waals surface area contributed by atoms with E-state index >= 15 is 0 Å². The second-order valence-corrected chi connectivity index (χ2v) is 4.94. The standard InChI is InChI=1S/C14H15NO6/c16-11(17)10(14(6-7-14)12(18)19)15-13(20)21-8-9-4-2-1-3-5-9/h1-5,10H,6-8H2,(H,15,20)(H,16,17)(H,18,19)/t10-/m0/s1. The highest BCUT2D eigenvalue weighted by Gasteiger charge is 2.60. The summed E-state index contributed by atoms with van der Waals surface area (Å²) in [7, 11) is 0. The maximum absolute atomic E-state index is 11.6. The number of aliphatic carboxylic acids is 2. The van der Waals surface area contributed by atoms with E-state index in [1.165, 1.54) is 0 Å². The van der Waals surface area contributed by atoms with E-state index in [1.54, 1.807) is 24.3 Å². The molecule has 0 heterocycles. The van der Waals surface area contributed by atoms with E-state index in [-0.39, 0.29) is 19.4 Å². The summed E-state index contributed by atoms with van der Waals surface area (Å²) in [6.07, 6.45) is -0.505. The van der Waals surface area contributed by atoms with Gasteiger partial charge >= 0.3 is 18.0 Å². The van der Waals surface area contributed by atoms with Gasteiger partial charge < -0.3 is 20.3 Å². The minimum atomic E-state index is -1.49. The van der Waals surface area contributed by atoms with Crippen molar-refractivity contribution in [3.63, 3.8) is 0 Å². The molecule has 0 bridgehead atoms. The summed E-state index contributed by atoms with van der Waals surface area (Å²) >= 11 is 0. The van der Waals surface area contributed by atoms with Crippen molar-refractivity contribution in [2.75, 3.05) is 0 Å². The van der Waals surface area contributed by atoms with Gasteiger partial charge in [0.1, 0.15) is 12.6 Å². The quantitative estimate of drug-likeness (QED) is 0.727. The molecule has 0 saturated heterocycles. The number of carboxylic acid groups (broad SMARTS) is 2. The molecule has 7 heteroatoms. The summed E-state index contributed by atoms with van der Waals surface area (Å²) < 4.78 is 4.91. The van der Waals surface area contributed by atoms with Gasteiger partial charge in [0.05, 0.1) is 5.41 Å². The molecule has 0 spiro atoms. The molecular formula is C14H15NO6. The van der Waals surface area contributed by atoms with Gasteiger partial charge in [0.2, 0.25) is 0 Å². The van der Waals surface area contributed by atoms with E-state index in [2.05, 4.69) is 5.32 Å². The molecule has 1 aliphatic carbocycles. The molecule has 0 unspecified atom stereocenters. The van der Waals surface area contributed by atoms with Crippen LogP contribution in [-0.2, 0) is 20.9 Å². The summed E-state index contributed by atoms with van der Waals surface area (Å²) in [5, 5.41) is 20.3. The van der Waals surface area contributed by atoms with Crippen molar-refractivity contribution >= 4 is 18.0 Å². The van der Waals surface area contributed by atoms with Crippen molar-refractivity contribution in [1.82, 2.24) is 5.32 Å². The third-order valence-electron chi connectivity index (χ3n) is 3.49. The van der Waals surface area contributed by atoms with E-state index < -0.39 is 29.5 Å². The summed E-state index contributed by atoms with van der Waals surface area (Å²) in [4.78, 5) is 33.9. The molecule has 1 fully saturated rings. The Bertz CT molecular complexity index is 552. The third-order valence-corrected chi connectivity index (χ3v) is 3.49. The van der Waals surface area contributed by atoms with Crippen LogP contribution < -0.4 is 5.32 Å². The first-order chi connectivity index (χ1) is 9.95. The molecule has 3 N–H and O–H groups in total. The fourth-order valence-corrected chi connectivity index (χ4v) is 2.08. The smallest absolute Gasteiger partial charge is 0.408 e. The Labute approximate surface area is 120 Å². The lowest BCUT2D eigenvalue weighted by molar-refractivity contribution is -0.152. The lowest BCUT2D eigenvalue weighted by Crippen LogP contribution is -2.50. The maximum Gasteiger partial charge on any atom is 0.408 e. The number of alkyl carbamates (subject to hydrolysis) is 1. The molecule has 112 valence electrons. The Morgan fingerprint density at radius 2 is 1.81 bits per heavy atom. The van der Waals surface area contributed by atoms with Crippen LogP contribution in [0.15, 0.2) is 30.3 Å². The number of amides is 1. The number of ether oxygens (including phenoxy) is 1. The van der Waals surface area contributed by atoms with Gasteiger partial charge in [0.15, 0.2) is 0 Å². The summed E-state index contributed by atoms with van der Waals surface area (Å²) in [6.45, 7) is -0.0148. The first kappa shape index (κ1) is 14.8. The zero-order valence-electron chi connectivity index (χ0n) is 11.1. The van der Waals surface area contributed by atoms with Crippen LogP contribution in [0.25, 0.3) is 0 Å². The summed E-state index contributed by atoms with van der Waals surface area (Å²) in [5.41, 5.74) is -0.670. The van der Waals surface area contributed by atoms with Crippen molar-refractivity contribution < 1.29 is 29.3 Å². The second-order valence-electron chi connectivity index (χ2n) is 4.94. The molecule has 1 aromatic carbocycles. The topological polar surface area (TPSA) is 113 Å². The number of carbonyl (C=O) groups excluding carboxylic acids is 1. The molecule has 2 rings (SSSR count). The maximum atomic E-state index is 11.6. The highest BCUT2D eigenvalue weighted by atomic mass is 16.5. The lowest BCUT2D eigenvalue weighted by Gasteiger charge is -2.20. The zero-order chi connectivity index (χ0) is 15.5. The number of hydrogen-bond acceptors (Lipinski definition) is 4. The Kier molecular flexibility index (Phi) is 4.11. The Morgan fingerprint density at radius 3 is 2.29 bits per heavy atom. The highest BCUT2D eigenvalue weighted by Crippen LogP contribution is 2.49. The number of benzene rings is 1. The molecule has 0 radical (unpaired) electrons. The van der Waals surface area contributed by atoms with Crippen molar-refractivity contribution in [3.05, 3.63) is 35.9 Å². The van der Waals surface area contributed by atoms with Crippen LogP contribution in [0.4, 0.5) is 4.79 Å². The van der Waals surface area contributed by atoms with Crippen molar-refractivity contribution in [2.45, 2.75) is 25.5 Å². The lowest BCUT2D eigenvalue weighted by atomic mass is 9.97. The van der Waals surface area contributed by atoms with Gasteiger partial charge in [-0.2, -0.15) is 0 Å². The normalized spacial score (nSPS) is 16.6. The van der Waals surface area contributed by atoms with Crippen LogP contribution in [0.3, 0.4) is 0 Å². The average Bonchev–Trinajstić information content (AvgIpc) is 3.25. The van der Waals surface area contributed by atoms with Gasteiger partial charge in [-0.1, -0.05) is 30.3 Å². The number of hydrogen-bond donors (Lipinski definition) is 3. The molecule has 21 heavy (non-hydrogen) atoms. The fourth-order valence-electron chi connectivity index (χ4n) is 2.08. The number of nitrogens with one attached hydrogen (secondary N) is 1. The monoisotopic (exact) mass is 293 g/mol. The molecule has 0 aliphatic heterocycles. The molecule has 1 amide bonds. The number of rotatable bonds is 6. The largest absolute Gasteiger partial charge is 0.481 e. The fraction of sp³-hybridized carbons (Fsp3) is 0.357. The molecule has 1 aromatic rings. The first-order valence-electron chi connectivity index (χ1n) is 6.39. The van der Waals surface area contributed by atoms with Crippen molar-refractivity contribution in [2.24, 2.45) is 5.41 Å². The van der Waals surface area contributed by atoms with Gasteiger partial charge in [-0.15, -0.1) is 0 Å². The van der Waals surface area contributed by atoms with Crippen LogP contribution in [0.5, 0.6) is 0 Å². The SMILES string of the molecule is O=C(N[C@@H](C(=O)O)C1(C(=O)O)CC1)OCc1ccccc1. The van der Waals surface area contributed by atoms with Crippen molar-refractivity contribution in [1.29, 1.82) is 0 Å². The Hall–Kier alpha value is -2.57. The minimum Gasteiger partial charge on any atom is -0.481 e. The van der Waals surface area contributed by atoms with Gasteiger partial charge in [-0.3, -0.25) is 4.79 Å². The van der Waals surface area contributed by atoms with E-state index in [0.717, 1.165) is 5.56 Å². The second kappa shape index (κ2) is 5.82. The van der Waals surface area contributed by atoms with Crippen LogP contribution >= 0.6 is 0 Å². The summed E-state index contributed by atoms with van der Waals surface area (Å²) in [5.74, 6) is -2.61. The van der Waals surface area contributed by atoms with Gasteiger partial charge in [-0.25, -0.2) is 9.59 Å². The predicted molar refractivity (Wildman–Crippen MR) is 70.5 cm³/mol. The van der Waals surface area contributed by atoms with Gasteiger partial charge in [-0.05, 0) is 18.4 Å². The van der Waals surface area contributed by atoms with Crippen molar-refractivity contribution in [3.8, 4) is 0 Å². The highest BCUT2D eigenvalue weighted by molar-refractivity contribution is 5.90. The first-order valence-corrected chi connectivity index (χ1v) is 6.39. The Morgan fingerprint density at radius 1 is 1.19 bits per heavy atom. The molecule has 7 nitrogen and oxygen atoms in total. The van der Waals surface area contributed by atoms with Gasteiger partial charge in [0.25, 0.3) is 0 Å². The molecule has 1 aliphatic rings. The number of carboxylic acids is 2. The van der Waals surface area contributed by atoms with E-state index in [9.17, 15) is 14.4 Å². The van der Waals surface area contributed by atoms with Crippen LogP contribution in [0.2, 0.25) is 0 Å². The Balaban J connectivity index is 1.94. The summed E-state index contributed by atoms with van der Waals surface area (Å²) in [6, 6.07) is 7.38.